The van der Waals surface area contributed by atoms with Gasteiger partial charge in [0.15, 0.2) is 12.2 Å². The van der Waals surface area contributed by atoms with Gasteiger partial charge in [-0.15, -0.1) is 0 Å². The van der Waals surface area contributed by atoms with Crippen molar-refractivity contribution in [3.8, 4) is 22.4 Å². The molecule has 1 heteroatoms. The van der Waals surface area contributed by atoms with E-state index in [4.69, 9.17) is 0 Å². The third kappa shape index (κ3) is 2.76. The number of benzene rings is 2. The third-order valence-corrected chi connectivity index (χ3v) is 5.94. The van der Waals surface area contributed by atoms with Gasteiger partial charge in [0.1, 0.15) is 0 Å². The summed E-state index contributed by atoms with van der Waals surface area (Å²) in [5.74, 6) is 0.507. The minimum Gasteiger partial charge on any atom is -0.195 e. The molecule has 2 atom stereocenters. The van der Waals surface area contributed by atoms with E-state index in [-0.39, 0.29) is 5.41 Å². The van der Waals surface area contributed by atoms with Crippen LogP contribution in [0.25, 0.3) is 22.4 Å². The molecule has 0 amide bonds. The zero-order chi connectivity index (χ0) is 18.5. The van der Waals surface area contributed by atoms with E-state index in [2.05, 4.69) is 106 Å². The van der Waals surface area contributed by atoms with Crippen LogP contribution in [-0.2, 0) is 5.41 Å². The van der Waals surface area contributed by atoms with Crippen LogP contribution in [-0.4, -0.2) is 0 Å². The van der Waals surface area contributed by atoms with Gasteiger partial charge in [-0.05, 0) is 40.7 Å². The summed E-state index contributed by atoms with van der Waals surface area (Å²) in [5.41, 5.74) is 8.29. The van der Waals surface area contributed by atoms with Crippen molar-refractivity contribution in [1.82, 2.24) is 0 Å². The molecule has 1 nitrogen and oxygen atoms in total. The van der Waals surface area contributed by atoms with Crippen molar-refractivity contribution in [2.75, 3.05) is 0 Å². The first-order chi connectivity index (χ1) is 12.4. The van der Waals surface area contributed by atoms with Crippen LogP contribution in [0.4, 0.5) is 0 Å². The van der Waals surface area contributed by atoms with Crippen molar-refractivity contribution in [1.29, 1.82) is 0 Å². The molecule has 132 valence electrons. The molecule has 0 aliphatic carbocycles. The van der Waals surface area contributed by atoms with Gasteiger partial charge in [-0.3, -0.25) is 0 Å². The van der Waals surface area contributed by atoms with Crippen molar-refractivity contribution in [2.24, 2.45) is 0 Å². The molecule has 0 spiro atoms. The Morgan fingerprint density at radius 3 is 2.23 bits per heavy atom. The molecule has 0 saturated carbocycles. The van der Waals surface area contributed by atoms with E-state index in [1.54, 1.807) is 0 Å². The molecule has 0 fully saturated rings. The monoisotopic (exact) mass is 342 g/mol. The number of pyridine rings is 1. The van der Waals surface area contributed by atoms with Crippen molar-refractivity contribution < 1.29 is 4.57 Å². The number of aromatic nitrogens is 1. The van der Waals surface area contributed by atoms with Gasteiger partial charge in [-0.1, -0.05) is 70.2 Å². The third-order valence-electron chi connectivity index (χ3n) is 5.94. The normalized spacial score (nSPS) is 19.0. The minimum atomic E-state index is 0.152. The average Bonchev–Trinajstić information content (AvgIpc) is 2.65. The molecule has 1 aliphatic rings. The summed E-state index contributed by atoms with van der Waals surface area (Å²) in [6.07, 6.45) is 2.29. The molecule has 4 rings (SSSR count). The van der Waals surface area contributed by atoms with E-state index >= 15 is 0 Å². The van der Waals surface area contributed by atoms with Gasteiger partial charge < -0.3 is 0 Å². The topological polar surface area (TPSA) is 3.88 Å². The van der Waals surface area contributed by atoms with Gasteiger partial charge in [0, 0.05) is 18.1 Å². The predicted molar refractivity (Wildman–Crippen MR) is 109 cm³/mol. The Kier molecular flexibility index (Phi) is 3.99. The summed E-state index contributed by atoms with van der Waals surface area (Å²) in [5, 5.41) is 0. The molecule has 0 saturated heterocycles. The minimum absolute atomic E-state index is 0.152. The molecule has 2 unspecified atom stereocenters. The zero-order valence-corrected chi connectivity index (χ0v) is 16.5. The van der Waals surface area contributed by atoms with Crippen LogP contribution in [0, 0.1) is 0 Å². The quantitative estimate of drug-likeness (QED) is 0.458. The van der Waals surface area contributed by atoms with E-state index in [9.17, 15) is 0 Å². The van der Waals surface area contributed by atoms with Crippen molar-refractivity contribution in [3.63, 3.8) is 0 Å². The summed E-state index contributed by atoms with van der Waals surface area (Å²) >= 11 is 0. The molecule has 3 aromatic rings. The highest BCUT2D eigenvalue weighted by Crippen LogP contribution is 2.40. The summed E-state index contributed by atoms with van der Waals surface area (Å²) in [6, 6.07) is 22.8. The number of nitrogens with zero attached hydrogens (tertiary/aromatic N) is 1. The fourth-order valence-corrected chi connectivity index (χ4v) is 4.04. The molecule has 0 N–H and O–H groups in total. The van der Waals surface area contributed by atoms with Crippen LogP contribution in [0.5, 0.6) is 0 Å². The predicted octanol–water partition coefficient (Wildman–Crippen LogP) is 6.28. The maximum absolute atomic E-state index is 2.46. The van der Waals surface area contributed by atoms with Crippen LogP contribution in [0.1, 0.15) is 57.7 Å². The summed E-state index contributed by atoms with van der Waals surface area (Å²) in [4.78, 5) is 0. The lowest BCUT2D eigenvalue weighted by molar-refractivity contribution is -0.714. The highest BCUT2D eigenvalue weighted by Gasteiger charge is 2.35. The maximum atomic E-state index is 2.46. The molecular formula is C25H28N+. The first-order valence-corrected chi connectivity index (χ1v) is 9.61. The van der Waals surface area contributed by atoms with Crippen LogP contribution < -0.4 is 4.57 Å². The van der Waals surface area contributed by atoms with Gasteiger partial charge in [-0.25, -0.2) is 0 Å². The Morgan fingerprint density at radius 2 is 1.54 bits per heavy atom. The molecule has 0 radical (unpaired) electrons. The number of rotatable bonds is 1. The number of fused-ring (bicyclic) bond motifs is 3. The second-order valence-corrected chi connectivity index (χ2v) is 8.66. The van der Waals surface area contributed by atoms with Gasteiger partial charge >= 0.3 is 0 Å². The molecule has 2 heterocycles. The van der Waals surface area contributed by atoms with E-state index in [0.717, 1.165) is 0 Å². The van der Waals surface area contributed by atoms with Crippen molar-refractivity contribution >= 4 is 0 Å². The van der Waals surface area contributed by atoms with Crippen molar-refractivity contribution in [2.45, 2.75) is 52.0 Å². The highest BCUT2D eigenvalue weighted by atomic mass is 15.0. The van der Waals surface area contributed by atoms with Gasteiger partial charge in [0.05, 0.1) is 5.56 Å². The Morgan fingerprint density at radius 1 is 0.808 bits per heavy atom. The van der Waals surface area contributed by atoms with Crippen molar-refractivity contribution in [3.05, 3.63) is 78.0 Å². The molecule has 26 heavy (non-hydrogen) atoms. The molecule has 0 bridgehead atoms. The molecule has 1 aliphatic heterocycles. The Bertz CT molecular complexity index is 948. The molecule has 1 aromatic heterocycles. The summed E-state index contributed by atoms with van der Waals surface area (Å²) in [6.45, 7) is 11.5. The molecule has 2 aromatic carbocycles. The van der Waals surface area contributed by atoms with E-state index in [1.165, 1.54) is 33.5 Å². The summed E-state index contributed by atoms with van der Waals surface area (Å²) in [7, 11) is 0. The second-order valence-electron chi connectivity index (χ2n) is 8.66. The Hall–Kier alpha value is -2.41. The fraction of sp³-hybridized carbons (Fsp3) is 0.320. The first kappa shape index (κ1) is 17.0. The van der Waals surface area contributed by atoms with Crippen LogP contribution in [0.2, 0.25) is 0 Å². The van der Waals surface area contributed by atoms with E-state index in [1.807, 2.05) is 0 Å². The Labute approximate surface area is 157 Å². The van der Waals surface area contributed by atoms with Gasteiger partial charge in [0.2, 0.25) is 5.69 Å². The lowest BCUT2D eigenvalue weighted by atomic mass is 9.81. The van der Waals surface area contributed by atoms with Crippen LogP contribution in [0.3, 0.4) is 0 Å². The fourth-order valence-electron chi connectivity index (χ4n) is 4.04. The zero-order valence-electron chi connectivity index (χ0n) is 16.5. The highest BCUT2D eigenvalue weighted by molar-refractivity contribution is 5.74. The maximum Gasteiger partial charge on any atom is 0.213 e. The van der Waals surface area contributed by atoms with E-state index in [0.29, 0.717) is 12.0 Å². The second kappa shape index (κ2) is 6.09. The standard InChI is InChI=1S/C25H28N/c1-17-18(2)26-14-13-21(25(3,4)5)16-24(26)23-15-20(11-12-22(17)23)19-9-7-6-8-10-19/h6-18H,1-5H3/q+1. The largest absolute Gasteiger partial charge is 0.213 e. The first-order valence-electron chi connectivity index (χ1n) is 9.61. The number of hydrogen-bond donors (Lipinski definition) is 0. The smallest absolute Gasteiger partial charge is 0.195 e. The lowest BCUT2D eigenvalue weighted by Gasteiger charge is -2.28. The van der Waals surface area contributed by atoms with Gasteiger partial charge in [-0.2, -0.15) is 4.57 Å². The Balaban J connectivity index is 1.94. The lowest BCUT2D eigenvalue weighted by Crippen LogP contribution is -2.45. The van der Waals surface area contributed by atoms with Crippen LogP contribution in [0.15, 0.2) is 66.9 Å². The molecular weight excluding hydrogens is 314 g/mol. The summed E-state index contributed by atoms with van der Waals surface area (Å²) < 4.78 is 2.46. The van der Waals surface area contributed by atoms with Gasteiger partial charge in [0.25, 0.3) is 0 Å². The number of hydrogen-bond acceptors (Lipinski definition) is 0. The van der Waals surface area contributed by atoms with Crippen LogP contribution >= 0.6 is 0 Å². The van der Waals surface area contributed by atoms with E-state index < -0.39 is 0 Å². The SMILES string of the molecule is CC1c2ccc(-c3ccccc3)cc2-c2cc(C(C)(C)C)cc[n+]2C1C. The average molecular weight is 343 g/mol.